The first kappa shape index (κ1) is 25.9. The number of piperidine rings is 2. The summed E-state index contributed by atoms with van der Waals surface area (Å²) in [5.41, 5.74) is 2.84. The maximum absolute atomic E-state index is 13.0. The molecule has 0 aliphatic carbocycles. The second kappa shape index (κ2) is 12.2. The van der Waals surface area contributed by atoms with Crippen molar-refractivity contribution in [3.63, 3.8) is 0 Å². The molecule has 198 valence electrons. The molecule has 1 aromatic carbocycles. The van der Waals surface area contributed by atoms with E-state index in [4.69, 9.17) is 4.74 Å². The predicted molar refractivity (Wildman–Crippen MR) is 149 cm³/mol. The third-order valence-electron chi connectivity index (χ3n) is 7.73. The van der Waals surface area contributed by atoms with Crippen LogP contribution in [0.3, 0.4) is 0 Å². The standard InChI is InChI=1S/C30H41N5O2/c1-23(2)22-34-15-11-26(12-16-34)35-27-20-29(37-18-17-33-13-7-4-8-14-33)31-21-25(27)19-28(35)32-30(36)24-9-5-3-6-10-24/h3,5-6,9-10,20-21,23,26H,4,7-8,11-19,22H2,1-2H3. The van der Waals surface area contributed by atoms with E-state index in [1.807, 2.05) is 36.5 Å². The number of aromatic nitrogens is 1. The van der Waals surface area contributed by atoms with E-state index in [-0.39, 0.29) is 5.91 Å². The molecule has 0 saturated carbocycles. The fourth-order valence-corrected chi connectivity index (χ4v) is 5.89. The first-order chi connectivity index (χ1) is 18.1. The van der Waals surface area contributed by atoms with E-state index < -0.39 is 0 Å². The number of rotatable bonds is 8. The molecule has 0 atom stereocenters. The van der Waals surface area contributed by atoms with Gasteiger partial charge >= 0.3 is 0 Å². The van der Waals surface area contributed by atoms with Gasteiger partial charge < -0.3 is 14.5 Å². The average Bonchev–Trinajstić information content (AvgIpc) is 3.27. The van der Waals surface area contributed by atoms with Crippen LogP contribution < -0.4 is 9.64 Å². The minimum absolute atomic E-state index is 0.184. The molecule has 2 saturated heterocycles. The van der Waals surface area contributed by atoms with E-state index in [9.17, 15) is 4.79 Å². The molecule has 37 heavy (non-hydrogen) atoms. The van der Waals surface area contributed by atoms with Gasteiger partial charge in [-0.05, 0) is 56.8 Å². The highest BCUT2D eigenvalue weighted by atomic mass is 16.5. The van der Waals surface area contributed by atoms with Gasteiger partial charge in [-0.1, -0.05) is 38.5 Å². The van der Waals surface area contributed by atoms with Crippen LogP contribution in [-0.4, -0.2) is 78.4 Å². The van der Waals surface area contributed by atoms with Crippen molar-refractivity contribution in [2.45, 2.75) is 58.4 Å². The van der Waals surface area contributed by atoms with Gasteiger partial charge in [-0.3, -0.25) is 9.69 Å². The van der Waals surface area contributed by atoms with Crippen molar-refractivity contribution in [3.8, 4) is 5.88 Å². The lowest BCUT2D eigenvalue weighted by atomic mass is 10.0. The summed E-state index contributed by atoms with van der Waals surface area (Å²) in [5, 5.41) is 0. The van der Waals surface area contributed by atoms with E-state index in [2.05, 4.69) is 44.6 Å². The van der Waals surface area contributed by atoms with Crippen LogP contribution in [0.2, 0.25) is 0 Å². The molecule has 7 heteroatoms. The number of benzene rings is 1. The molecule has 7 nitrogen and oxygen atoms in total. The zero-order valence-electron chi connectivity index (χ0n) is 22.4. The number of hydrogen-bond acceptors (Lipinski definition) is 5. The topological polar surface area (TPSA) is 61.3 Å². The number of carbonyl (C=O) groups is 1. The van der Waals surface area contributed by atoms with Crippen LogP contribution in [0.4, 0.5) is 5.69 Å². The van der Waals surface area contributed by atoms with Crippen LogP contribution in [0.1, 0.15) is 61.9 Å². The van der Waals surface area contributed by atoms with Crippen molar-refractivity contribution in [2.24, 2.45) is 10.9 Å². The summed E-state index contributed by atoms with van der Waals surface area (Å²) in [4.78, 5) is 29.7. The Balaban J connectivity index is 1.33. The molecule has 0 bridgehead atoms. The summed E-state index contributed by atoms with van der Waals surface area (Å²) in [7, 11) is 0. The van der Waals surface area contributed by atoms with Crippen molar-refractivity contribution in [3.05, 3.63) is 53.7 Å². The number of nitrogens with zero attached hydrogens (tertiary/aromatic N) is 5. The second-order valence-corrected chi connectivity index (χ2v) is 11.1. The molecule has 3 aliphatic rings. The summed E-state index contributed by atoms with van der Waals surface area (Å²) in [6.45, 7) is 11.7. The van der Waals surface area contributed by atoms with Gasteiger partial charge in [-0.2, -0.15) is 4.99 Å². The summed E-state index contributed by atoms with van der Waals surface area (Å²) in [6, 6.07) is 11.7. The summed E-state index contributed by atoms with van der Waals surface area (Å²) >= 11 is 0. The third-order valence-corrected chi connectivity index (χ3v) is 7.73. The zero-order chi connectivity index (χ0) is 25.6. The van der Waals surface area contributed by atoms with E-state index in [0.717, 1.165) is 56.1 Å². The Morgan fingerprint density at radius 1 is 1.05 bits per heavy atom. The Kier molecular flexibility index (Phi) is 8.52. The number of amides is 1. The SMILES string of the molecule is CC(C)CN1CCC(N2C(=NC(=O)c3ccccc3)Cc3cnc(OCCN4CCCCC4)cc32)CC1. The predicted octanol–water partition coefficient (Wildman–Crippen LogP) is 4.67. The number of amidine groups is 1. The molecule has 1 aromatic heterocycles. The summed E-state index contributed by atoms with van der Waals surface area (Å²) < 4.78 is 6.12. The van der Waals surface area contributed by atoms with Gasteiger partial charge in [0.2, 0.25) is 5.88 Å². The number of ether oxygens (including phenoxy) is 1. The van der Waals surface area contributed by atoms with Crippen molar-refractivity contribution in [1.82, 2.24) is 14.8 Å². The molecule has 0 radical (unpaired) electrons. The second-order valence-electron chi connectivity index (χ2n) is 11.1. The summed E-state index contributed by atoms with van der Waals surface area (Å²) in [6.07, 6.45) is 8.56. The molecule has 4 heterocycles. The molecular formula is C30H41N5O2. The Morgan fingerprint density at radius 3 is 2.54 bits per heavy atom. The molecule has 2 fully saturated rings. The number of hydrogen-bond donors (Lipinski definition) is 0. The number of carbonyl (C=O) groups excluding carboxylic acids is 1. The normalized spacial score (nSPS) is 20.5. The van der Waals surface area contributed by atoms with Crippen molar-refractivity contribution < 1.29 is 9.53 Å². The van der Waals surface area contributed by atoms with Crippen molar-refractivity contribution in [2.75, 3.05) is 50.8 Å². The van der Waals surface area contributed by atoms with Gasteiger partial charge in [-0.25, -0.2) is 4.98 Å². The van der Waals surface area contributed by atoms with Crippen LogP contribution in [0, 0.1) is 5.92 Å². The van der Waals surface area contributed by atoms with Gasteiger partial charge in [-0.15, -0.1) is 0 Å². The highest BCUT2D eigenvalue weighted by Crippen LogP contribution is 2.36. The number of aliphatic imine (C=N–C) groups is 1. The fraction of sp³-hybridized carbons (Fsp3) is 0.567. The molecule has 0 N–H and O–H groups in total. The fourth-order valence-electron chi connectivity index (χ4n) is 5.89. The van der Waals surface area contributed by atoms with E-state index in [0.29, 0.717) is 36.4 Å². The zero-order valence-corrected chi connectivity index (χ0v) is 22.4. The Morgan fingerprint density at radius 2 is 1.81 bits per heavy atom. The molecule has 0 spiro atoms. The van der Waals surface area contributed by atoms with Gasteiger partial charge in [0, 0.05) is 62.0 Å². The van der Waals surface area contributed by atoms with Crippen LogP contribution >= 0.6 is 0 Å². The molecule has 3 aliphatic heterocycles. The smallest absolute Gasteiger partial charge is 0.278 e. The third kappa shape index (κ3) is 6.57. The van der Waals surface area contributed by atoms with Gasteiger partial charge in [0.1, 0.15) is 12.4 Å². The molecule has 5 rings (SSSR count). The molecule has 0 unspecified atom stereocenters. The average molecular weight is 504 g/mol. The molecule has 2 aromatic rings. The summed E-state index contributed by atoms with van der Waals surface area (Å²) in [5.74, 6) is 1.98. The first-order valence-electron chi connectivity index (χ1n) is 14.1. The van der Waals surface area contributed by atoms with Gasteiger partial charge in [0.25, 0.3) is 5.91 Å². The Hall–Kier alpha value is -2.77. The monoisotopic (exact) mass is 503 g/mol. The van der Waals surface area contributed by atoms with Crippen LogP contribution in [-0.2, 0) is 6.42 Å². The largest absolute Gasteiger partial charge is 0.476 e. The number of pyridine rings is 1. The number of likely N-dealkylation sites (tertiary alicyclic amines) is 2. The maximum atomic E-state index is 13.0. The lowest BCUT2D eigenvalue weighted by Gasteiger charge is -2.38. The maximum Gasteiger partial charge on any atom is 0.278 e. The quantitative estimate of drug-likeness (QED) is 0.522. The first-order valence-corrected chi connectivity index (χ1v) is 14.1. The van der Waals surface area contributed by atoms with Crippen molar-refractivity contribution >= 4 is 17.4 Å². The number of fused-ring (bicyclic) bond motifs is 1. The van der Waals surface area contributed by atoms with Crippen molar-refractivity contribution in [1.29, 1.82) is 0 Å². The highest BCUT2D eigenvalue weighted by molar-refractivity contribution is 6.12. The van der Waals surface area contributed by atoms with E-state index >= 15 is 0 Å². The Bertz CT molecular complexity index is 1070. The van der Waals surface area contributed by atoms with Crippen LogP contribution in [0.25, 0.3) is 0 Å². The minimum Gasteiger partial charge on any atom is -0.476 e. The lowest BCUT2D eigenvalue weighted by molar-refractivity contribution is 0.100. The van der Waals surface area contributed by atoms with Gasteiger partial charge in [0.15, 0.2) is 0 Å². The molecular weight excluding hydrogens is 462 g/mol. The molecule has 1 amide bonds. The van der Waals surface area contributed by atoms with Crippen LogP contribution in [0.5, 0.6) is 5.88 Å². The van der Waals surface area contributed by atoms with Crippen LogP contribution in [0.15, 0.2) is 47.6 Å². The highest BCUT2D eigenvalue weighted by Gasteiger charge is 2.35. The minimum atomic E-state index is -0.184. The van der Waals surface area contributed by atoms with E-state index in [1.54, 1.807) is 0 Å². The lowest BCUT2D eigenvalue weighted by Crippen LogP contribution is -2.47. The number of anilines is 1. The van der Waals surface area contributed by atoms with Gasteiger partial charge in [0.05, 0.1) is 5.69 Å². The van der Waals surface area contributed by atoms with E-state index in [1.165, 1.54) is 32.4 Å². The Labute approximate surface area is 221 Å².